The second-order valence-electron chi connectivity index (χ2n) is 6.08. The normalized spacial score (nSPS) is 19.9. The number of nitrogens with one attached hydrogen (secondary N) is 2. The molecule has 0 saturated carbocycles. The van der Waals surface area contributed by atoms with Gasteiger partial charge < -0.3 is 10.6 Å². The van der Waals surface area contributed by atoms with Gasteiger partial charge in [-0.3, -0.25) is 9.69 Å². The Morgan fingerprint density at radius 2 is 2.09 bits per heavy atom. The van der Waals surface area contributed by atoms with E-state index < -0.39 is 0 Å². The number of rotatable bonds is 10. The summed E-state index contributed by atoms with van der Waals surface area (Å²) in [4.78, 5) is 14.5. The number of hydrogen-bond acceptors (Lipinski definition) is 4. The van der Waals surface area contributed by atoms with Gasteiger partial charge in [0.1, 0.15) is 0 Å². The fourth-order valence-corrected chi connectivity index (χ4v) is 3.68. The Hall–Kier alpha value is -0.780. The van der Waals surface area contributed by atoms with E-state index in [1.807, 2.05) is 23.9 Å². The molecule has 0 spiro atoms. The highest BCUT2D eigenvalue weighted by Gasteiger charge is 2.22. The molecule has 0 aromatic rings. The van der Waals surface area contributed by atoms with Gasteiger partial charge in [-0.1, -0.05) is 26.0 Å². The first-order chi connectivity index (χ1) is 10.6. The van der Waals surface area contributed by atoms with Crippen molar-refractivity contribution in [3.63, 3.8) is 0 Å². The summed E-state index contributed by atoms with van der Waals surface area (Å²) in [5.41, 5.74) is 0. The van der Waals surface area contributed by atoms with Gasteiger partial charge >= 0.3 is 0 Å². The van der Waals surface area contributed by atoms with Crippen LogP contribution in [0.5, 0.6) is 0 Å². The van der Waals surface area contributed by atoms with Crippen LogP contribution >= 0.6 is 11.8 Å². The van der Waals surface area contributed by atoms with Crippen molar-refractivity contribution in [2.45, 2.75) is 32.4 Å². The third-order valence-corrected chi connectivity index (χ3v) is 5.04. The fourth-order valence-electron chi connectivity index (χ4n) is 2.73. The molecule has 1 aliphatic heterocycles. The van der Waals surface area contributed by atoms with E-state index in [9.17, 15) is 4.79 Å². The highest BCUT2D eigenvalue weighted by Crippen LogP contribution is 2.12. The summed E-state index contributed by atoms with van der Waals surface area (Å²) in [6, 6.07) is 0.613. The van der Waals surface area contributed by atoms with Crippen molar-refractivity contribution in [2.75, 3.05) is 37.7 Å². The zero-order valence-corrected chi connectivity index (χ0v) is 14.8. The van der Waals surface area contributed by atoms with Gasteiger partial charge in [0.2, 0.25) is 5.91 Å². The largest absolute Gasteiger partial charge is 0.354 e. The predicted molar refractivity (Wildman–Crippen MR) is 97.3 cm³/mol. The second kappa shape index (κ2) is 10.9. The van der Waals surface area contributed by atoms with E-state index in [1.54, 1.807) is 0 Å². The van der Waals surface area contributed by atoms with Crippen LogP contribution < -0.4 is 10.6 Å². The molecule has 1 saturated heterocycles. The summed E-state index contributed by atoms with van der Waals surface area (Å²) in [7, 11) is 0. The van der Waals surface area contributed by atoms with Crippen molar-refractivity contribution in [3.05, 3.63) is 25.3 Å². The van der Waals surface area contributed by atoms with Crippen LogP contribution in [0.4, 0.5) is 0 Å². The van der Waals surface area contributed by atoms with Crippen LogP contribution in [0.25, 0.3) is 0 Å². The third kappa shape index (κ3) is 6.99. The first kappa shape index (κ1) is 19.3. The Kier molecular flexibility index (Phi) is 9.52. The van der Waals surface area contributed by atoms with E-state index in [4.69, 9.17) is 0 Å². The number of amides is 1. The van der Waals surface area contributed by atoms with Crippen LogP contribution in [0.3, 0.4) is 0 Å². The molecule has 4 nitrogen and oxygen atoms in total. The van der Waals surface area contributed by atoms with Gasteiger partial charge in [0, 0.05) is 56.2 Å². The van der Waals surface area contributed by atoms with E-state index in [-0.39, 0.29) is 5.91 Å². The maximum absolute atomic E-state index is 12.2. The van der Waals surface area contributed by atoms with Gasteiger partial charge in [-0.25, -0.2) is 0 Å². The molecular formula is C17H31N3OS. The molecule has 1 rings (SSSR count). The molecule has 5 heteroatoms. The average molecular weight is 326 g/mol. The van der Waals surface area contributed by atoms with Gasteiger partial charge in [-0.05, 0) is 5.92 Å². The Morgan fingerprint density at radius 1 is 1.41 bits per heavy atom. The minimum absolute atomic E-state index is 0.141. The highest BCUT2D eigenvalue weighted by atomic mass is 32.2. The molecule has 2 N–H and O–H groups in total. The van der Waals surface area contributed by atoms with Crippen LogP contribution in [0.1, 0.15) is 20.3 Å². The van der Waals surface area contributed by atoms with Crippen molar-refractivity contribution < 1.29 is 4.79 Å². The first-order valence-corrected chi connectivity index (χ1v) is 9.27. The Morgan fingerprint density at radius 3 is 2.59 bits per heavy atom. The number of thioether (sulfide) groups is 1. The zero-order valence-electron chi connectivity index (χ0n) is 14.0. The van der Waals surface area contributed by atoms with Gasteiger partial charge in [0.05, 0.1) is 0 Å². The molecule has 1 fully saturated rings. The Bertz CT molecular complexity index is 344. The monoisotopic (exact) mass is 325 g/mol. The van der Waals surface area contributed by atoms with Crippen molar-refractivity contribution in [1.29, 1.82) is 0 Å². The van der Waals surface area contributed by atoms with Crippen molar-refractivity contribution in [2.24, 2.45) is 5.92 Å². The maximum atomic E-state index is 12.2. The van der Waals surface area contributed by atoms with Crippen molar-refractivity contribution >= 4 is 17.7 Å². The van der Waals surface area contributed by atoms with Crippen LogP contribution in [-0.4, -0.2) is 60.6 Å². The lowest BCUT2D eigenvalue weighted by Gasteiger charge is -2.33. The lowest BCUT2D eigenvalue weighted by Crippen LogP contribution is -2.48. The highest BCUT2D eigenvalue weighted by molar-refractivity contribution is 7.99. The van der Waals surface area contributed by atoms with E-state index >= 15 is 0 Å². The summed E-state index contributed by atoms with van der Waals surface area (Å²) in [6.07, 6.45) is 4.38. The molecule has 2 unspecified atom stereocenters. The lowest BCUT2D eigenvalue weighted by atomic mass is 10.0. The number of carbonyl (C=O) groups is 1. The number of carbonyl (C=O) groups excluding carboxylic acids is 1. The van der Waals surface area contributed by atoms with E-state index in [0.717, 1.165) is 31.1 Å². The number of hydrogen-bond donors (Lipinski definition) is 2. The average Bonchev–Trinajstić information content (AvgIpc) is 2.48. The van der Waals surface area contributed by atoms with Crippen LogP contribution in [0, 0.1) is 5.92 Å². The smallest absolute Gasteiger partial charge is 0.221 e. The van der Waals surface area contributed by atoms with Crippen LogP contribution in [-0.2, 0) is 4.79 Å². The topological polar surface area (TPSA) is 44.4 Å². The molecule has 1 amide bonds. The quantitative estimate of drug-likeness (QED) is 0.602. The van der Waals surface area contributed by atoms with Crippen LogP contribution in [0.2, 0.25) is 0 Å². The van der Waals surface area contributed by atoms with Crippen molar-refractivity contribution in [3.8, 4) is 0 Å². The summed E-state index contributed by atoms with van der Waals surface area (Å²) in [5.74, 6) is 2.78. The molecule has 0 radical (unpaired) electrons. The maximum Gasteiger partial charge on any atom is 0.221 e. The number of nitrogens with zero attached hydrogens (tertiary/aromatic N) is 1. The summed E-state index contributed by atoms with van der Waals surface area (Å²) in [5, 5.41) is 6.52. The van der Waals surface area contributed by atoms with E-state index in [2.05, 4.69) is 42.5 Å². The minimum atomic E-state index is 0.141. The summed E-state index contributed by atoms with van der Waals surface area (Å²) in [6.45, 7) is 15.3. The molecule has 0 aromatic heterocycles. The van der Waals surface area contributed by atoms with Gasteiger partial charge in [-0.15, -0.1) is 13.2 Å². The minimum Gasteiger partial charge on any atom is -0.354 e. The molecule has 1 aliphatic rings. The van der Waals surface area contributed by atoms with E-state index in [0.29, 0.717) is 31.0 Å². The molecule has 0 aromatic carbocycles. The standard InChI is InChI=1S/C17H31N3OS/c1-5-8-20(9-6-2)16(14(3)4)12-19-17(21)11-15-13-22-10-7-18-15/h5-6,14-16,18H,1-2,7-13H2,3-4H3,(H,19,21). The summed E-state index contributed by atoms with van der Waals surface area (Å²) < 4.78 is 0. The lowest BCUT2D eigenvalue weighted by molar-refractivity contribution is -0.121. The second-order valence-corrected chi connectivity index (χ2v) is 7.23. The van der Waals surface area contributed by atoms with Gasteiger partial charge in [-0.2, -0.15) is 11.8 Å². The van der Waals surface area contributed by atoms with Crippen LogP contribution in [0.15, 0.2) is 25.3 Å². The first-order valence-electron chi connectivity index (χ1n) is 8.12. The molecule has 0 bridgehead atoms. The Labute approximate surface area is 139 Å². The van der Waals surface area contributed by atoms with Gasteiger partial charge in [0.25, 0.3) is 0 Å². The predicted octanol–water partition coefficient (Wildman–Crippen LogP) is 1.90. The molecular weight excluding hydrogens is 294 g/mol. The molecule has 2 atom stereocenters. The third-order valence-electron chi connectivity index (χ3n) is 3.90. The SMILES string of the molecule is C=CCN(CC=C)C(CNC(=O)CC1CSCCN1)C(C)C. The molecule has 22 heavy (non-hydrogen) atoms. The molecule has 126 valence electrons. The Balaban J connectivity index is 2.46. The van der Waals surface area contributed by atoms with E-state index in [1.165, 1.54) is 0 Å². The molecule has 0 aliphatic carbocycles. The molecule has 1 heterocycles. The zero-order chi connectivity index (χ0) is 16.4. The fraction of sp³-hybridized carbons (Fsp3) is 0.706. The summed E-state index contributed by atoms with van der Waals surface area (Å²) >= 11 is 1.92. The van der Waals surface area contributed by atoms with Crippen molar-refractivity contribution in [1.82, 2.24) is 15.5 Å². The van der Waals surface area contributed by atoms with Gasteiger partial charge in [0.15, 0.2) is 0 Å².